The zero-order valence-electron chi connectivity index (χ0n) is 51.5. The molecule has 0 heterocycles. The van der Waals surface area contributed by atoms with Gasteiger partial charge in [0, 0.05) is 34.7 Å². The van der Waals surface area contributed by atoms with Crippen LogP contribution in [0.4, 0.5) is 0 Å². The molecular weight excluding hydrogens is 905 g/mol. The Labute approximate surface area is 459 Å². The summed E-state index contributed by atoms with van der Waals surface area (Å²) in [5.41, 5.74) is 6.11. The second kappa shape index (κ2) is 34.2. The lowest BCUT2D eigenvalue weighted by Gasteiger charge is -2.40. The average Bonchev–Trinajstić information content (AvgIpc) is 3.37. The van der Waals surface area contributed by atoms with Crippen molar-refractivity contribution in [2.24, 2.45) is 9.98 Å². The number of benzene rings is 2. The summed E-state index contributed by atoms with van der Waals surface area (Å²) in [6.07, 6.45) is 35.8. The van der Waals surface area contributed by atoms with Gasteiger partial charge >= 0.3 is 0 Å². The first-order valence-electron chi connectivity index (χ1n) is 31.9. The molecule has 0 unspecified atom stereocenters. The molecule has 0 amide bonds. The Kier molecular flexibility index (Phi) is 30.3. The molecule has 0 spiro atoms. The van der Waals surface area contributed by atoms with Crippen molar-refractivity contribution in [1.82, 2.24) is 0 Å². The Morgan fingerprint density at radius 1 is 0.432 bits per heavy atom. The normalized spacial score (nSPS) is 16.3. The van der Waals surface area contributed by atoms with Crippen molar-refractivity contribution in [3.05, 3.63) is 57.6 Å². The van der Waals surface area contributed by atoms with Gasteiger partial charge in [0.25, 0.3) is 0 Å². The molecule has 0 saturated heterocycles. The smallest absolute Gasteiger partial charge is 0.128 e. The molecule has 0 bridgehead atoms. The molecule has 1 aliphatic carbocycles. The van der Waals surface area contributed by atoms with Crippen molar-refractivity contribution in [2.45, 2.75) is 299 Å². The van der Waals surface area contributed by atoms with E-state index in [0.717, 1.165) is 47.9 Å². The minimum Gasteiger partial charge on any atom is -0.507 e. The first-order chi connectivity index (χ1) is 35.4. The fourth-order valence-corrected chi connectivity index (χ4v) is 12.5. The molecule has 0 radical (unpaired) electrons. The Morgan fingerprint density at radius 3 is 0.973 bits per heavy atom. The number of phenolic OH excluding ortho intramolecular Hbond substituents is 2. The van der Waals surface area contributed by atoms with Gasteiger partial charge < -0.3 is 19.2 Å². The van der Waals surface area contributed by atoms with Gasteiger partial charge in [-0.2, -0.15) is 0 Å². The summed E-state index contributed by atoms with van der Waals surface area (Å²) in [5, 5.41) is 24.2. The highest BCUT2D eigenvalue weighted by molar-refractivity contribution is 5.86. The molecular formula is C68H122N4O2+2. The van der Waals surface area contributed by atoms with Crippen LogP contribution in [0.5, 0.6) is 11.5 Å². The minimum absolute atomic E-state index is 0.0201. The number of aromatic hydroxyl groups is 2. The number of nitrogens with zero attached hydrogens (tertiary/aromatic N) is 4. The molecule has 2 aromatic rings. The summed E-state index contributed by atoms with van der Waals surface area (Å²) in [7, 11) is 0. The van der Waals surface area contributed by atoms with Gasteiger partial charge in [-0.1, -0.05) is 186 Å². The quantitative estimate of drug-likeness (QED) is 0.0520. The number of unbranched alkanes of at least 4 members (excludes halogenated alkanes) is 8. The summed E-state index contributed by atoms with van der Waals surface area (Å²) in [6.45, 7) is 42.7. The van der Waals surface area contributed by atoms with Gasteiger partial charge in [-0.3, -0.25) is 9.98 Å². The van der Waals surface area contributed by atoms with E-state index >= 15 is 0 Å². The maximum Gasteiger partial charge on any atom is 0.128 e. The largest absolute Gasteiger partial charge is 0.507 e. The lowest BCUT2D eigenvalue weighted by atomic mass is 9.80. The van der Waals surface area contributed by atoms with Crippen molar-refractivity contribution >= 4 is 12.4 Å². The van der Waals surface area contributed by atoms with E-state index in [1.807, 2.05) is 12.4 Å². The van der Waals surface area contributed by atoms with Gasteiger partial charge in [0.05, 0.1) is 64.4 Å². The van der Waals surface area contributed by atoms with Crippen LogP contribution >= 0.6 is 0 Å². The van der Waals surface area contributed by atoms with Crippen LogP contribution in [-0.2, 0) is 10.8 Å². The van der Waals surface area contributed by atoms with Crippen LogP contribution in [0, 0.1) is 0 Å². The first-order valence-corrected chi connectivity index (χ1v) is 31.9. The van der Waals surface area contributed by atoms with Gasteiger partial charge in [0.15, 0.2) is 0 Å². The minimum atomic E-state index is -0.224. The number of aliphatic imine (C=N–C) groups is 2. The summed E-state index contributed by atoms with van der Waals surface area (Å²) < 4.78 is 2.58. The highest BCUT2D eigenvalue weighted by atomic mass is 16.3. The molecule has 3 rings (SSSR count). The van der Waals surface area contributed by atoms with Gasteiger partial charge in [0.2, 0.25) is 0 Å². The van der Waals surface area contributed by atoms with Crippen molar-refractivity contribution in [2.75, 3.05) is 52.4 Å². The van der Waals surface area contributed by atoms with Gasteiger partial charge in [-0.25, -0.2) is 0 Å². The lowest BCUT2D eigenvalue weighted by molar-refractivity contribution is -0.929. The molecule has 6 nitrogen and oxygen atoms in total. The highest BCUT2D eigenvalue weighted by Crippen LogP contribution is 2.41. The van der Waals surface area contributed by atoms with Crippen LogP contribution in [0.2, 0.25) is 0 Å². The van der Waals surface area contributed by atoms with Crippen molar-refractivity contribution in [3.8, 4) is 11.5 Å². The second-order valence-corrected chi connectivity index (χ2v) is 26.0. The predicted molar refractivity (Wildman–Crippen MR) is 327 cm³/mol. The zero-order chi connectivity index (χ0) is 54.6. The molecule has 1 fully saturated rings. The maximum atomic E-state index is 12.3. The molecule has 2 aromatic carbocycles. The van der Waals surface area contributed by atoms with Crippen LogP contribution in [-0.4, -0.2) is 96.1 Å². The number of phenols is 2. The summed E-state index contributed by atoms with van der Waals surface area (Å²) in [5.74, 6) is 1.68. The van der Waals surface area contributed by atoms with Crippen LogP contribution in [0.15, 0.2) is 34.3 Å². The first kappa shape index (κ1) is 65.6. The van der Waals surface area contributed by atoms with Crippen LogP contribution < -0.4 is 0 Å². The summed E-state index contributed by atoms with van der Waals surface area (Å²) >= 11 is 0. The van der Waals surface area contributed by atoms with Crippen LogP contribution in [0.3, 0.4) is 0 Å². The predicted octanol–water partition coefficient (Wildman–Crippen LogP) is 19.1. The second-order valence-electron chi connectivity index (χ2n) is 26.0. The SMILES string of the molecule is CCCCC(CCCC)c1cc(C=N[C@H]2CCCC[C@@H]2N=Cc2cc(C(CCC[N+](CCCC)(CCCC)CCCC)CCC[N+](CCCC)(CCCC)CCCC)cc(C(C)(C)C)c2O)c(O)c(C(C)(C)C)c1. The number of hydrogen-bond acceptors (Lipinski definition) is 4. The maximum absolute atomic E-state index is 12.3. The molecule has 424 valence electrons. The van der Waals surface area contributed by atoms with E-state index in [1.165, 1.54) is 214 Å². The third-order valence-electron chi connectivity index (χ3n) is 17.5. The van der Waals surface area contributed by atoms with E-state index in [4.69, 9.17) is 9.98 Å². The van der Waals surface area contributed by atoms with Crippen molar-refractivity contribution in [3.63, 3.8) is 0 Å². The molecule has 2 atom stereocenters. The fourth-order valence-electron chi connectivity index (χ4n) is 12.5. The molecule has 0 aromatic heterocycles. The third kappa shape index (κ3) is 21.6. The van der Waals surface area contributed by atoms with Gasteiger partial charge in [0.1, 0.15) is 11.5 Å². The highest BCUT2D eigenvalue weighted by Gasteiger charge is 2.31. The van der Waals surface area contributed by atoms with E-state index in [0.29, 0.717) is 23.3 Å². The topological polar surface area (TPSA) is 65.2 Å². The van der Waals surface area contributed by atoms with E-state index in [2.05, 4.69) is 121 Å². The molecule has 2 N–H and O–H groups in total. The molecule has 0 aliphatic heterocycles. The van der Waals surface area contributed by atoms with Crippen molar-refractivity contribution in [1.29, 1.82) is 0 Å². The summed E-state index contributed by atoms with van der Waals surface area (Å²) in [6, 6.07) is 9.36. The third-order valence-corrected chi connectivity index (χ3v) is 17.5. The number of quaternary nitrogens is 2. The van der Waals surface area contributed by atoms with Crippen LogP contribution in [0.25, 0.3) is 0 Å². The fraction of sp³-hybridized carbons (Fsp3) is 0.794. The molecule has 1 saturated carbocycles. The lowest BCUT2D eigenvalue weighted by Crippen LogP contribution is -2.51. The molecule has 74 heavy (non-hydrogen) atoms. The number of rotatable bonds is 38. The average molecular weight is 1030 g/mol. The van der Waals surface area contributed by atoms with E-state index in [-0.39, 0.29) is 22.9 Å². The zero-order valence-corrected chi connectivity index (χ0v) is 51.5. The molecule has 6 heteroatoms. The monoisotopic (exact) mass is 1030 g/mol. The van der Waals surface area contributed by atoms with E-state index < -0.39 is 0 Å². The Bertz CT molecular complexity index is 1790. The molecule has 1 aliphatic rings. The van der Waals surface area contributed by atoms with Gasteiger partial charge in [-0.05, 0) is 136 Å². The Balaban J connectivity index is 2.14. The standard InChI is InChI=1S/C68H120N4O2/c1-15-23-35-55(36-24-16-2)57-49-59(65(73)61(51-57)67(9,10)11)53-69-63-39-31-32-40-64(63)70-54-60-50-58(52-62(66(60)74)68(12,13)14)56(37-33-47-71(41-25-17-3,42-26-18-4)43-27-19-5)38-34-48-72(44-28-20-6,45-29-21-7)46-30-22-8/h49-56,63-64H,15-48H2,1-14H3/p+2/t63-,64-/m0/s1. The van der Waals surface area contributed by atoms with Crippen molar-refractivity contribution < 1.29 is 19.2 Å². The van der Waals surface area contributed by atoms with Crippen LogP contribution in [0.1, 0.15) is 309 Å². The van der Waals surface area contributed by atoms with E-state index in [9.17, 15) is 10.2 Å². The Hall–Kier alpha value is -2.70. The van der Waals surface area contributed by atoms with E-state index in [1.54, 1.807) is 0 Å². The van der Waals surface area contributed by atoms with Gasteiger partial charge in [-0.15, -0.1) is 0 Å². The Morgan fingerprint density at radius 2 is 0.703 bits per heavy atom. The summed E-state index contributed by atoms with van der Waals surface area (Å²) in [4.78, 5) is 10.8. The number of hydrogen-bond donors (Lipinski definition) is 2.